The Hall–Kier alpha value is -2.62. The second kappa shape index (κ2) is 10.1. The predicted octanol–water partition coefficient (Wildman–Crippen LogP) is 3.35. The number of alkyl halides is 3. The number of carboxylic acids is 1. The molecule has 1 aromatic heterocycles. The first-order valence-electron chi connectivity index (χ1n) is 10.3. The highest BCUT2D eigenvalue weighted by Gasteiger charge is 2.45. The highest BCUT2D eigenvalue weighted by atomic mass is 19.4. The molecule has 2 fully saturated rings. The van der Waals surface area contributed by atoms with E-state index in [1.807, 2.05) is 23.1 Å². The smallest absolute Gasteiger partial charge is 0.475 e. The van der Waals surface area contributed by atoms with E-state index >= 15 is 0 Å². The molecule has 0 bridgehead atoms. The fraction of sp³-hybridized carbons (Fsp3) is 0.571. The number of rotatable bonds is 3. The van der Waals surface area contributed by atoms with Crippen molar-refractivity contribution in [1.29, 1.82) is 0 Å². The zero-order valence-corrected chi connectivity index (χ0v) is 16.9. The first-order chi connectivity index (χ1) is 14.8. The number of aliphatic carboxylic acids is 1. The average Bonchev–Trinajstić information content (AvgIpc) is 3.25. The molecule has 1 aliphatic carbocycles. The van der Waals surface area contributed by atoms with Crippen molar-refractivity contribution in [2.45, 2.75) is 63.0 Å². The maximum absolute atomic E-state index is 12.9. The normalized spacial score (nSPS) is 25.6. The maximum atomic E-state index is 12.9. The summed E-state index contributed by atoms with van der Waals surface area (Å²) in [6, 6.07) is 5.79. The van der Waals surface area contributed by atoms with Crippen LogP contribution in [0.25, 0.3) is 0 Å². The summed E-state index contributed by atoms with van der Waals surface area (Å²) in [6.45, 7) is 1.43. The van der Waals surface area contributed by atoms with Crippen LogP contribution in [-0.2, 0) is 14.3 Å². The fourth-order valence-corrected chi connectivity index (χ4v) is 4.05. The molecular weight excluding hydrogens is 417 g/mol. The number of allylic oxidation sites excluding steroid dienone is 1. The fourth-order valence-electron chi connectivity index (χ4n) is 4.05. The first kappa shape index (κ1) is 23.1. The molecule has 1 N–H and O–H groups in total. The van der Waals surface area contributed by atoms with E-state index < -0.39 is 12.1 Å². The number of ether oxygens (including phenoxy) is 2. The van der Waals surface area contributed by atoms with Gasteiger partial charge in [0.05, 0.1) is 6.04 Å². The molecular formula is C21H25F3N2O5. The van der Waals surface area contributed by atoms with Crippen molar-refractivity contribution in [1.82, 2.24) is 9.88 Å². The Morgan fingerprint density at radius 3 is 2.61 bits per heavy atom. The lowest BCUT2D eigenvalue weighted by molar-refractivity contribution is -0.192. The van der Waals surface area contributed by atoms with Gasteiger partial charge in [0.1, 0.15) is 12.2 Å². The van der Waals surface area contributed by atoms with Gasteiger partial charge in [-0.2, -0.15) is 13.2 Å². The van der Waals surface area contributed by atoms with Gasteiger partial charge >= 0.3 is 12.1 Å². The van der Waals surface area contributed by atoms with Gasteiger partial charge in [0, 0.05) is 37.4 Å². The Bertz CT molecular complexity index is 800. The third kappa shape index (κ3) is 5.96. The van der Waals surface area contributed by atoms with Crippen LogP contribution in [0.3, 0.4) is 0 Å². The lowest BCUT2D eigenvalue weighted by atomic mass is 9.92. The zero-order valence-electron chi connectivity index (χ0n) is 16.9. The van der Waals surface area contributed by atoms with Crippen LogP contribution in [0.4, 0.5) is 13.2 Å². The minimum Gasteiger partial charge on any atom is -0.475 e. The van der Waals surface area contributed by atoms with E-state index in [2.05, 4.69) is 11.1 Å². The van der Waals surface area contributed by atoms with Gasteiger partial charge in [-0.25, -0.2) is 9.78 Å². The lowest BCUT2D eigenvalue weighted by Gasteiger charge is -2.41. The van der Waals surface area contributed by atoms with Crippen LogP contribution < -0.4 is 4.74 Å². The molecule has 0 saturated carbocycles. The lowest BCUT2D eigenvalue weighted by Crippen LogP contribution is -2.56. The minimum atomic E-state index is -5.08. The number of carbonyl (C=O) groups excluding carboxylic acids is 1. The van der Waals surface area contributed by atoms with Gasteiger partial charge < -0.3 is 19.5 Å². The van der Waals surface area contributed by atoms with Crippen molar-refractivity contribution >= 4 is 11.9 Å². The summed E-state index contributed by atoms with van der Waals surface area (Å²) in [5, 5.41) is 7.12. The third-order valence-corrected chi connectivity index (χ3v) is 5.50. The summed E-state index contributed by atoms with van der Waals surface area (Å²) >= 11 is 0. The van der Waals surface area contributed by atoms with Gasteiger partial charge in [0.2, 0.25) is 11.8 Å². The van der Waals surface area contributed by atoms with Crippen molar-refractivity contribution < 1.29 is 37.3 Å². The number of aromatic nitrogens is 1. The molecule has 0 unspecified atom stereocenters. The predicted molar refractivity (Wildman–Crippen MR) is 103 cm³/mol. The molecule has 4 rings (SSSR count). The average molecular weight is 442 g/mol. The summed E-state index contributed by atoms with van der Waals surface area (Å²) in [5.74, 6) is -1.91. The standard InChI is InChI=1S/C19H24N2O3.C2HF3O2/c22-19(14-6-2-1-3-7-14)21-12-9-16(18-15(21)10-13-23-18)24-17-8-4-5-11-20-17;3-2(4,5)1(6)7/h4-6,8,11,15-16,18H,1-3,7,9-10,12-13H2;(H,6,7)/t15-,16+,18-;/m0./s1. The molecule has 3 atom stereocenters. The number of hydrogen-bond donors (Lipinski definition) is 1. The van der Waals surface area contributed by atoms with Crippen molar-refractivity contribution in [3.05, 3.63) is 36.0 Å². The van der Waals surface area contributed by atoms with Crippen LogP contribution in [0.15, 0.2) is 36.0 Å². The number of amides is 1. The van der Waals surface area contributed by atoms with E-state index in [9.17, 15) is 18.0 Å². The SMILES string of the molecule is O=C(C1=CCCCC1)N1CC[C@@H](Oc2ccccn2)[C@H]2OCC[C@@H]21.O=C(O)C(F)(F)F. The second-order valence-corrected chi connectivity index (χ2v) is 7.58. The minimum absolute atomic E-state index is 0.0308. The van der Waals surface area contributed by atoms with E-state index in [-0.39, 0.29) is 24.2 Å². The molecule has 0 aromatic carbocycles. The molecule has 7 nitrogen and oxygen atoms in total. The number of carbonyl (C=O) groups is 2. The Kier molecular flexibility index (Phi) is 7.53. The van der Waals surface area contributed by atoms with Crippen molar-refractivity contribution in [3.8, 4) is 5.88 Å². The first-order valence-corrected chi connectivity index (χ1v) is 10.3. The van der Waals surface area contributed by atoms with Crippen LogP contribution >= 0.6 is 0 Å². The molecule has 31 heavy (non-hydrogen) atoms. The number of fused-ring (bicyclic) bond motifs is 1. The number of hydrogen-bond acceptors (Lipinski definition) is 5. The summed E-state index contributed by atoms with van der Waals surface area (Å²) in [4.78, 5) is 28.1. The molecule has 2 aliphatic heterocycles. The zero-order chi connectivity index (χ0) is 22.4. The topological polar surface area (TPSA) is 89.0 Å². The Morgan fingerprint density at radius 2 is 2.00 bits per heavy atom. The number of nitrogens with zero attached hydrogens (tertiary/aromatic N) is 2. The van der Waals surface area contributed by atoms with Gasteiger partial charge in [-0.1, -0.05) is 12.1 Å². The Morgan fingerprint density at radius 1 is 1.23 bits per heavy atom. The summed E-state index contributed by atoms with van der Waals surface area (Å²) in [5.41, 5.74) is 0.996. The molecule has 170 valence electrons. The molecule has 3 heterocycles. The summed E-state index contributed by atoms with van der Waals surface area (Å²) in [7, 11) is 0. The number of likely N-dealkylation sites (tertiary alicyclic amines) is 1. The summed E-state index contributed by atoms with van der Waals surface area (Å²) in [6.07, 6.45) is 4.66. The van der Waals surface area contributed by atoms with E-state index in [0.717, 1.165) is 44.2 Å². The second-order valence-electron chi connectivity index (χ2n) is 7.58. The molecule has 0 radical (unpaired) electrons. The van der Waals surface area contributed by atoms with E-state index in [4.69, 9.17) is 19.4 Å². The van der Waals surface area contributed by atoms with Crippen LogP contribution in [0, 0.1) is 0 Å². The van der Waals surface area contributed by atoms with E-state index in [1.165, 1.54) is 6.42 Å². The van der Waals surface area contributed by atoms with Crippen molar-refractivity contribution in [2.75, 3.05) is 13.2 Å². The van der Waals surface area contributed by atoms with Crippen LogP contribution in [0.2, 0.25) is 0 Å². The van der Waals surface area contributed by atoms with Crippen molar-refractivity contribution in [3.63, 3.8) is 0 Å². The maximum Gasteiger partial charge on any atom is 0.490 e. The number of pyridine rings is 1. The highest BCUT2D eigenvalue weighted by Crippen LogP contribution is 2.33. The van der Waals surface area contributed by atoms with Crippen LogP contribution in [0.5, 0.6) is 5.88 Å². The Labute approximate surface area is 177 Å². The molecule has 10 heteroatoms. The highest BCUT2D eigenvalue weighted by molar-refractivity contribution is 5.94. The molecule has 1 amide bonds. The van der Waals surface area contributed by atoms with Gasteiger partial charge in [0.15, 0.2) is 0 Å². The van der Waals surface area contributed by atoms with Crippen molar-refractivity contribution in [2.24, 2.45) is 0 Å². The Balaban J connectivity index is 0.000000339. The monoisotopic (exact) mass is 442 g/mol. The van der Waals surface area contributed by atoms with Gasteiger partial charge in [0.25, 0.3) is 0 Å². The number of carboxylic acid groups (broad SMARTS) is 1. The molecule has 2 saturated heterocycles. The van der Waals surface area contributed by atoms with Crippen LogP contribution in [-0.4, -0.2) is 64.4 Å². The van der Waals surface area contributed by atoms with Gasteiger partial charge in [-0.15, -0.1) is 0 Å². The number of piperidine rings is 1. The molecule has 0 spiro atoms. The third-order valence-electron chi connectivity index (χ3n) is 5.50. The molecule has 3 aliphatic rings. The van der Waals surface area contributed by atoms with Gasteiger partial charge in [-0.05, 0) is 38.2 Å². The van der Waals surface area contributed by atoms with E-state index in [0.29, 0.717) is 12.5 Å². The summed E-state index contributed by atoms with van der Waals surface area (Å²) < 4.78 is 43.7. The van der Waals surface area contributed by atoms with Crippen LogP contribution in [0.1, 0.15) is 38.5 Å². The van der Waals surface area contributed by atoms with E-state index in [1.54, 1.807) is 6.20 Å². The van der Waals surface area contributed by atoms with Gasteiger partial charge in [-0.3, -0.25) is 4.79 Å². The quantitative estimate of drug-likeness (QED) is 0.772. The largest absolute Gasteiger partial charge is 0.490 e. The molecule has 1 aromatic rings. The number of halogens is 3.